The van der Waals surface area contributed by atoms with E-state index in [1.807, 2.05) is 0 Å². The zero-order chi connectivity index (χ0) is 16.6. The van der Waals surface area contributed by atoms with Gasteiger partial charge in [0.15, 0.2) is 0 Å². The molecule has 122 valence electrons. The predicted octanol–water partition coefficient (Wildman–Crippen LogP) is 3.77. The minimum atomic E-state index is -3.56. The van der Waals surface area contributed by atoms with Crippen LogP contribution >= 0.6 is 23.2 Å². The average molecular weight is 372 g/mol. The smallest absolute Gasteiger partial charge is 0.239 e. The number of aliphatic hydroxyl groups is 1. The van der Waals surface area contributed by atoms with Crippen LogP contribution in [0.1, 0.15) is 23.7 Å². The van der Waals surface area contributed by atoms with Crippen molar-refractivity contribution in [3.63, 3.8) is 0 Å². The largest absolute Gasteiger partial charge is 0.388 e. The van der Waals surface area contributed by atoms with Crippen molar-refractivity contribution < 1.29 is 13.5 Å². The molecule has 1 N–H and O–H groups in total. The second-order valence-corrected chi connectivity index (χ2v) is 8.23. The molecule has 0 spiro atoms. The quantitative estimate of drug-likeness (QED) is 0.893. The molecule has 0 saturated heterocycles. The van der Waals surface area contributed by atoms with E-state index in [1.165, 1.54) is 4.31 Å². The molecule has 2 aromatic rings. The first-order valence-electron chi connectivity index (χ1n) is 7.09. The highest BCUT2D eigenvalue weighted by molar-refractivity contribution is 7.92. The number of hydrogen-bond acceptors (Lipinski definition) is 3. The van der Waals surface area contributed by atoms with Crippen molar-refractivity contribution in [2.75, 3.05) is 10.8 Å². The third-order valence-corrected chi connectivity index (χ3v) is 6.06. The zero-order valence-electron chi connectivity index (χ0n) is 12.1. The minimum Gasteiger partial charge on any atom is -0.388 e. The van der Waals surface area contributed by atoms with Crippen LogP contribution in [0.5, 0.6) is 0 Å². The summed E-state index contributed by atoms with van der Waals surface area (Å²) < 4.78 is 26.9. The SMILES string of the molecule is O=S(=O)(Cc1ccc(Cl)cc1)N1CCC(O)c2cc(Cl)ccc21. The second-order valence-electron chi connectivity index (χ2n) is 5.46. The lowest BCUT2D eigenvalue weighted by atomic mass is 10.0. The number of fused-ring (bicyclic) bond motifs is 1. The van der Waals surface area contributed by atoms with E-state index in [0.717, 1.165) is 0 Å². The molecule has 0 amide bonds. The lowest BCUT2D eigenvalue weighted by Crippen LogP contribution is -2.37. The fourth-order valence-corrected chi connectivity index (χ4v) is 4.62. The highest BCUT2D eigenvalue weighted by Crippen LogP contribution is 2.37. The van der Waals surface area contributed by atoms with Crippen LogP contribution in [0, 0.1) is 0 Å². The number of anilines is 1. The Bertz CT molecular complexity index is 822. The van der Waals surface area contributed by atoms with Crippen molar-refractivity contribution in [1.29, 1.82) is 0 Å². The van der Waals surface area contributed by atoms with Gasteiger partial charge in [0.05, 0.1) is 17.5 Å². The number of hydrogen-bond donors (Lipinski definition) is 1. The Balaban J connectivity index is 1.95. The molecule has 0 aromatic heterocycles. The summed E-state index contributed by atoms with van der Waals surface area (Å²) >= 11 is 11.8. The molecule has 1 heterocycles. The van der Waals surface area contributed by atoms with E-state index in [0.29, 0.717) is 33.3 Å². The number of benzene rings is 2. The Morgan fingerprint density at radius 2 is 1.74 bits per heavy atom. The van der Waals surface area contributed by atoms with Gasteiger partial charge in [-0.05, 0) is 42.3 Å². The fourth-order valence-electron chi connectivity index (χ4n) is 2.69. The molecular formula is C16H15Cl2NO3S. The van der Waals surface area contributed by atoms with E-state index in [4.69, 9.17) is 23.2 Å². The fraction of sp³-hybridized carbons (Fsp3) is 0.250. The standard InChI is InChI=1S/C16H15Cl2NO3S/c17-12-3-1-11(2-4-12)10-23(21,22)19-8-7-16(20)14-9-13(18)5-6-15(14)19/h1-6,9,16,20H,7-8,10H2. The maximum Gasteiger partial charge on any atom is 0.239 e. The summed E-state index contributed by atoms with van der Waals surface area (Å²) in [4.78, 5) is 0. The van der Waals surface area contributed by atoms with E-state index >= 15 is 0 Å². The number of rotatable bonds is 3. The molecule has 1 aliphatic heterocycles. The maximum absolute atomic E-state index is 12.8. The van der Waals surface area contributed by atoms with Crippen molar-refractivity contribution in [1.82, 2.24) is 0 Å². The van der Waals surface area contributed by atoms with Gasteiger partial charge in [-0.25, -0.2) is 8.42 Å². The van der Waals surface area contributed by atoms with Crippen LogP contribution < -0.4 is 4.31 Å². The van der Waals surface area contributed by atoms with Crippen LogP contribution in [0.15, 0.2) is 42.5 Å². The van der Waals surface area contributed by atoms with Gasteiger partial charge >= 0.3 is 0 Å². The number of halogens is 2. The normalized spacial score (nSPS) is 17.9. The molecule has 3 rings (SSSR count). The summed E-state index contributed by atoms with van der Waals surface area (Å²) in [5, 5.41) is 11.1. The molecule has 23 heavy (non-hydrogen) atoms. The van der Waals surface area contributed by atoms with Crippen LogP contribution in [-0.2, 0) is 15.8 Å². The predicted molar refractivity (Wildman–Crippen MR) is 92.5 cm³/mol. The Morgan fingerprint density at radius 3 is 2.43 bits per heavy atom. The molecule has 0 radical (unpaired) electrons. The summed E-state index contributed by atoms with van der Waals surface area (Å²) in [5.41, 5.74) is 1.70. The summed E-state index contributed by atoms with van der Waals surface area (Å²) in [6.45, 7) is 0.242. The van der Waals surface area contributed by atoms with Crippen molar-refractivity contribution >= 4 is 38.9 Å². The van der Waals surface area contributed by atoms with Crippen LogP contribution in [0.2, 0.25) is 10.0 Å². The van der Waals surface area contributed by atoms with E-state index in [2.05, 4.69) is 0 Å². The molecule has 4 nitrogen and oxygen atoms in total. The molecule has 0 fully saturated rings. The van der Waals surface area contributed by atoms with Crippen LogP contribution in [0.25, 0.3) is 0 Å². The maximum atomic E-state index is 12.8. The van der Waals surface area contributed by atoms with Crippen LogP contribution in [-0.4, -0.2) is 20.1 Å². The Hall–Kier alpha value is -1.27. The van der Waals surface area contributed by atoms with Gasteiger partial charge in [-0.2, -0.15) is 0 Å². The molecule has 0 bridgehead atoms. The molecule has 7 heteroatoms. The first-order valence-corrected chi connectivity index (χ1v) is 9.46. The Labute approximate surface area is 145 Å². The Kier molecular flexibility index (Phi) is 4.56. The van der Waals surface area contributed by atoms with Crippen LogP contribution in [0.3, 0.4) is 0 Å². The third-order valence-electron chi connectivity index (χ3n) is 3.82. The van der Waals surface area contributed by atoms with Crippen molar-refractivity contribution in [2.24, 2.45) is 0 Å². The van der Waals surface area contributed by atoms with Gasteiger partial charge in [0.2, 0.25) is 10.0 Å². The van der Waals surface area contributed by atoms with Crippen molar-refractivity contribution in [3.8, 4) is 0 Å². The highest BCUT2D eigenvalue weighted by Gasteiger charge is 2.31. The third kappa shape index (κ3) is 3.48. The van der Waals surface area contributed by atoms with E-state index < -0.39 is 16.1 Å². The summed E-state index contributed by atoms with van der Waals surface area (Å²) in [6.07, 6.45) is -0.363. The van der Waals surface area contributed by atoms with Crippen molar-refractivity contribution in [2.45, 2.75) is 18.3 Å². The molecule has 1 aliphatic rings. The van der Waals surface area contributed by atoms with Gasteiger partial charge in [-0.1, -0.05) is 35.3 Å². The lowest BCUT2D eigenvalue weighted by Gasteiger charge is -2.33. The van der Waals surface area contributed by atoms with Gasteiger partial charge in [0, 0.05) is 22.2 Å². The minimum absolute atomic E-state index is 0.123. The molecule has 0 saturated carbocycles. The van der Waals surface area contributed by atoms with E-state index in [1.54, 1.807) is 42.5 Å². The monoisotopic (exact) mass is 371 g/mol. The number of aliphatic hydroxyl groups excluding tert-OH is 1. The first-order chi connectivity index (χ1) is 10.9. The zero-order valence-corrected chi connectivity index (χ0v) is 14.4. The van der Waals surface area contributed by atoms with E-state index in [9.17, 15) is 13.5 Å². The summed E-state index contributed by atoms with van der Waals surface area (Å²) in [7, 11) is -3.56. The average Bonchev–Trinajstić information content (AvgIpc) is 2.50. The molecule has 1 unspecified atom stereocenters. The Morgan fingerprint density at radius 1 is 1.09 bits per heavy atom. The number of sulfonamides is 1. The topological polar surface area (TPSA) is 57.6 Å². The van der Waals surface area contributed by atoms with Crippen molar-refractivity contribution in [3.05, 3.63) is 63.6 Å². The lowest BCUT2D eigenvalue weighted by molar-refractivity contribution is 0.166. The van der Waals surface area contributed by atoms with E-state index in [-0.39, 0.29) is 12.3 Å². The molecule has 0 aliphatic carbocycles. The molecule has 1 atom stereocenters. The first kappa shape index (κ1) is 16.6. The molecule has 2 aromatic carbocycles. The van der Waals surface area contributed by atoms with Gasteiger partial charge in [-0.3, -0.25) is 4.31 Å². The highest BCUT2D eigenvalue weighted by atomic mass is 35.5. The molecular weight excluding hydrogens is 357 g/mol. The van der Waals surface area contributed by atoms with Gasteiger partial charge in [-0.15, -0.1) is 0 Å². The summed E-state index contributed by atoms with van der Waals surface area (Å²) in [5.74, 6) is -0.123. The van der Waals surface area contributed by atoms with Gasteiger partial charge in [0.25, 0.3) is 0 Å². The van der Waals surface area contributed by atoms with Gasteiger partial charge in [0.1, 0.15) is 0 Å². The van der Waals surface area contributed by atoms with Gasteiger partial charge < -0.3 is 5.11 Å². The number of nitrogens with zero attached hydrogens (tertiary/aromatic N) is 1. The van der Waals surface area contributed by atoms with Crippen LogP contribution in [0.4, 0.5) is 5.69 Å². The summed E-state index contributed by atoms with van der Waals surface area (Å²) in [6, 6.07) is 11.6. The second kappa shape index (κ2) is 6.32.